The molecule has 0 aliphatic heterocycles. The van der Waals surface area contributed by atoms with Crippen LogP contribution in [0.1, 0.15) is 32.1 Å². The van der Waals surface area contributed by atoms with Gasteiger partial charge in [0.25, 0.3) is 0 Å². The van der Waals surface area contributed by atoms with Crippen molar-refractivity contribution in [1.29, 1.82) is 0 Å². The van der Waals surface area contributed by atoms with Crippen LogP contribution in [0.3, 0.4) is 0 Å². The van der Waals surface area contributed by atoms with Crippen molar-refractivity contribution >= 4 is 38.9 Å². The number of alkyl halides is 1. The SMILES string of the molecule is CC(C)(C)C(Cl)CCc1ccc(Br)s1. The Hall–Kier alpha value is 0.470. The van der Waals surface area contributed by atoms with Gasteiger partial charge in [0.1, 0.15) is 0 Å². The minimum atomic E-state index is 0.204. The van der Waals surface area contributed by atoms with Crippen LogP contribution in [0.4, 0.5) is 0 Å². The monoisotopic (exact) mass is 294 g/mol. The first-order valence-corrected chi connectivity index (χ1v) is 6.82. The van der Waals surface area contributed by atoms with Crippen molar-refractivity contribution < 1.29 is 0 Å². The maximum absolute atomic E-state index is 6.31. The van der Waals surface area contributed by atoms with Crippen LogP contribution in [0.5, 0.6) is 0 Å². The summed E-state index contributed by atoms with van der Waals surface area (Å²) >= 11 is 11.6. The van der Waals surface area contributed by atoms with Crippen LogP contribution in [0.2, 0.25) is 0 Å². The van der Waals surface area contributed by atoms with Gasteiger partial charge < -0.3 is 0 Å². The van der Waals surface area contributed by atoms with Gasteiger partial charge in [0, 0.05) is 10.3 Å². The highest BCUT2D eigenvalue weighted by Gasteiger charge is 2.21. The van der Waals surface area contributed by atoms with E-state index in [4.69, 9.17) is 11.6 Å². The molecule has 0 spiro atoms. The summed E-state index contributed by atoms with van der Waals surface area (Å²) < 4.78 is 1.20. The van der Waals surface area contributed by atoms with Gasteiger partial charge in [-0.25, -0.2) is 0 Å². The summed E-state index contributed by atoms with van der Waals surface area (Å²) in [6.07, 6.45) is 2.14. The average Bonchev–Trinajstić information content (AvgIpc) is 2.45. The summed E-state index contributed by atoms with van der Waals surface area (Å²) in [4.78, 5) is 1.41. The topological polar surface area (TPSA) is 0 Å². The van der Waals surface area contributed by atoms with Crippen molar-refractivity contribution in [2.75, 3.05) is 0 Å². The van der Waals surface area contributed by atoms with Gasteiger partial charge in [0.2, 0.25) is 0 Å². The van der Waals surface area contributed by atoms with E-state index in [0.717, 1.165) is 12.8 Å². The van der Waals surface area contributed by atoms with E-state index in [2.05, 4.69) is 48.8 Å². The molecule has 80 valence electrons. The van der Waals surface area contributed by atoms with Crippen molar-refractivity contribution in [1.82, 2.24) is 0 Å². The van der Waals surface area contributed by atoms with Gasteiger partial charge in [-0.15, -0.1) is 22.9 Å². The lowest BCUT2D eigenvalue weighted by atomic mass is 9.89. The van der Waals surface area contributed by atoms with Crippen LogP contribution in [0.25, 0.3) is 0 Å². The second kappa shape index (κ2) is 5.00. The van der Waals surface area contributed by atoms with Crippen molar-refractivity contribution in [3.8, 4) is 0 Å². The zero-order chi connectivity index (χ0) is 10.8. The Bertz CT molecular complexity index is 288. The lowest BCUT2D eigenvalue weighted by Gasteiger charge is -2.24. The number of thiophene rings is 1. The molecule has 0 aliphatic carbocycles. The average molecular weight is 296 g/mol. The van der Waals surface area contributed by atoms with Crippen LogP contribution in [-0.2, 0) is 6.42 Å². The van der Waals surface area contributed by atoms with E-state index in [0.29, 0.717) is 0 Å². The zero-order valence-electron chi connectivity index (χ0n) is 8.81. The van der Waals surface area contributed by atoms with Crippen molar-refractivity contribution in [2.24, 2.45) is 5.41 Å². The number of hydrogen-bond acceptors (Lipinski definition) is 1. The first-order valence-electron chi connectivity index (χ1n) is 4.78. The highest BCUT2D eigenvalue weighted by Crippen LogP contribution is 2.30. The Morgan fingerprint density at radius 3 is 2.50 bits per heavy atom. The molecular weight excluding hydrogens is 280 g/mol. The number of rotatable bonds is 3. The van der Waals surface area contributed by atoms with E-state index in [1.807, 2.05) is 0 Å². The Morgan fingerprint density at radius 1 is 1.43 bits per heavy atom. The van der Waals surface area contributed by atoms with Crippen LogP contribution in [0, 0.1) is 5.41 Å². The predicted octanol–water partition coefficient (Wildman–Crippen LogP) is 5.10. The molecule has 3 heteroatoms. The third-order valence-electron chi connectivity index (χ3n) is 2.21. The van der Waals surface area contributed by atoms with E-state index < -0.39 is 0 Å². The summed E-state index contributed by atoms with van der Waals surface area (Å²) in [6.45, 7) is 6.57. The minimum Gasteiger partial charge on any atom is -0.133 e. The lowest BCUT2D eigenvalue weighted by molar-refractivity contribution is 0.374. The first kappa shape index (κ1) is 12.5. The molecule has 1 heterocycles. The van der Waals surface area contributed by atoms with Crippen LogP contribution >= 0.6 is 38.9 Å². The van der Waals surface area contributed by atoms with E-state index >= 15 is 0 Å². The number of aryl methyl sites for hydroxylation is 1. The Kier molecular flexibility index (Phi) is 4.48. The summed E-state index contributed by atoms with van der Waals surface area (Å²) in [6, 6.07) is 4.27. The molecule has 0 radical (unpaired) electrons. The molecule has 0 amide bonds. The molecule has 0 nitrogen and oxygen atoms in total. The van der Waals surface area contributed by atoms with E-state index in [9.17, 15) is 0 Å². The van der Waals surface area contributed by atoms with Gasteiger partial charge >= 0.3 is 0 Å². The van der Waals surface area contributed by atoms with Gasteiger partial charge in [0.15, 0.2) is 0 Å². The highest BCUT2D eigenvalue weighted by molar-refractivity contribution is 9.11. The Balaban J connectivity index is 2.41. The molecule has 1 aromatic rings. The van der Waals surface area contributed by atoms with E-state index in [1.54, 1.807) is 11.3 Å². The fourth-order valence-electron chi connectivity index (χ4n) is 1.19. The zero-order valence-corrected chi connectivity index (χ0v) is 12.0. The van der Waals surface area contributed by atoms with Crippen molar-refractivity contribution in [2.45, 2.75) is 39.0 Å². The second-order valence-electron chi connectivity index (χ2n) is 4.58. The molecule has 1 atom stereocenters. The normalized spacial score (nSPS) is 14.4. The standard InChI is InChI=1S/C11H16BrClS/c1-11(2,3)9(13)6-4-8-5-7-10(12)14-8/h5,7,9H,4,6H2,1-3H3. The summed E-state index contributed by atoms with van der Waals surface area (Å²) in [5.74, 6) is 0. The third-order valence-corrected chi connectivity index (χ3v) is 4.77. The quantitative estimate of drug-likeness (QED) is 0.681. The lowest BCUT2D eigenvalue weighted by Crippen LogP contribution is -2.21. The molecule has 0 aliphatic rings. The fraction of sp³-hybridized carbons (Fsp3) is 0.636. The molecule has 0 saturated heterocycles. The fourth-order valence-corrected chi connectivity index (χ4v) is 2.80. The molecule has 0 N–H and O–H groups in total. The van der Waals surface area contributed by atoms with Gasteiger partial charge in [0.05, 0.1) is 3.79 Å². The van der Waals surface area contributed by atoms with Crippen molar-refractivity contribution in [3.05, 3.63) is 20.8 Å². The largest absolute Gasteiger partial charge is 0.133 e. The molecule has 1 unspecified atom stereocenters. The Labute approximate surface area is 104 Å². The molecular formula is C11H16BrClS. The summed E-state index contributed by atoms with van der Waals surface area (Å²) in [5.41, 5.74) is 0.204. The molecule has 0 bridgehead atoms. The van der Waals surface area contributed by atoms with E-state index in [1.165, 1.54) is 8.66 Å². The molecule has 0 aromatic carbocycles. The molecule has 0 saturated carbocycles. The van der Waals surface area contributed by atoms with E-state index in [-0.39, 0.29) is 10.8 Å². The molecule has 0 fully saturated rings. The Morgan fingerprint density at radius 2 is 2.07 bits per heavy atom. The van der Waals surface area contributed by atoms with Crippen molar-refractivity contribution in [3.63, 3.8) is 0 Å². The van der Waals surface area contributed by atoms with Gasteiger partial charge in [-0.2, -0.15) is 0 Å². The molecule has 14 heavy (non-hydrogen) atoms. The molecule has 1 rings (SSSR count). The third kappa shape index (κ3) is 3.92. The smallest absolute Gasteiger partial charge is 0.0701 e. The molecule has 1 aromatic heterocycles. The maximum Gasteiger partial charge on any atom is 0.0701 e. The number of halogens is 2. The first-order chi connectivity index (χ1) is 6.39. The maximum atomic E-state index is 6.31. The van der Waals surface area contributed by atoms with Crippen LogP contribution in [-0.4, -0.2) is 5.38 Å². The minimum absolute atomic E-state index is 0.204. The van der Waals surface area contributed by atoms with Crippen LogP contribution < -0.4 is 0 Å². The van der Waals surface area contributed by atoms with Gasteiger partial charge in [-0.3, -0.25) is 0 Å². The predicted molar refractivity (Wildman–Crippen MR) is 69.4 cm³/mol. The summed E-state index contributed by atoms with van der Waals surface area (Å²) in [5, 5.41) is 0.253. The van der Waals surface area contributed by atoms with Gasteiger partial charge in [-0.05, 0) is 46.3 Å². The van der Waals surface area contributed by atoms with Gasteiger partial charge in [-0.1, -0.05) is 20.8 Å². The van der Waals surface area contributed by atoms with Crippen LogP contribution in [0.15, 0.2) is 15.9 Å². The second-order valence-corrected chi connectivity index (χ2v) is 7.65. The highest BCUT2D eigenvalue weighted by atomic mass is 79.9. The number of hydrogen-bond donors (Lipinski definition) is 0. The summed E-state index contributed by atoms with van der Waals surface area (Å²) in [7, 11) is 0.